The van der Waals surface area contributed by atoms with Gasteiger partial charge in [0.15, 0.2) is 5.13 Å². The van der Waals surface area contributed by atoms with E-state index in [1.54, 1.807) is 4.90 Å². The van der Waals surface area contributed by atoms with Crippen molar-refractivity contribution in [1.29, 1.82) is 0 Å². The van der Waals surface area contributed by atoms with Crippen molar-refractivity contribution < 1.29 is 24.5 Å². The molecule has 0 saturated heterocycles. The normalized spacial score (nSPS) is 28.5. The van der Waals surface area contributed by atoms with Crippen molar-refractivity contribution >= 4 is 28.5 Å². The van der Waals surface area contributed by atoms with Crippen LogP contribution in [0.3, 0.4) is 0 Å². The minimum Gasteiger partial charge on any atom is -0.445 e. The highest BCUT2D eigenvalue weighted by Crippen LogP contribution is 2.62. The molecule has 1 aromatic carbocycles. The molecule has 1 aromatic heterocycles. The van der Waals surface area contributed by atoms with Crippen LogP contribution in [0.4, 0.5) is 9.93 Å². The molecule has 8 nitrogen and oxygen atoms in total. The monoisotopic (exact) mass is 527 g/mol. The van der Waals surface area contributed by atoms with Gasteiger partial charge in [0, 0.05) is 36.2 Å². The largest absolute Gasteiger partial charge is 0.445 e. The van der Waals surface area contributed by atoms with Crippen molar-refractivity contribution in [2.45, 2.75) is 58.1 Å². The highest BCUT2D eigenvalue weighted by Gasteiger charge is 2.59. The number of aromatic nitrogens is 1. The number of amides is 2. The lowest BCUT2D eigenvalue weighted by atomic mass is 9.47. The van der Waals surface area contributed by atoms with Crippen LogP contribution in [0.25, 0.3) is 0 Å². The number of nitrogens with zero attached hydrogens (tertiary/aromatic N) is 2. The second-order valence-electron chi connectivity index (χ2n) is 10.8. The van der Waals surface area contributed by atoms with E-state index < -0.39 is 17.6 Å². The van der Waals surface area contributed by atoms with Gasteiger partial charge in [-0.25, -0.2) is 9.78 Å². The number of carbonyl (C=O) groups excluding carboxylic acids is 2. The van der Waals surface area contributed by atoms with Crippen LogP contribution in [0.15, 0.2) is 43.0 Å². The van der Waals surface area contributed by atoms with Gasteiger partial charge < -0.3 is 19.8 Å². The Morgan fingerprint density at radius 1 is 1.32 bits per heavy atom. The lowest BCUT2D eigenvalue weighted by molar-refractivity contribution is -0.147. The van der Waals surface area contributed by atoms with E-state index in [0.717, 1.165) is 22.6 Å². The van der Waals surface area contributed by atoms with Crippen LogP contribution in [-0.2, 0) is 22.5 Å². The number of ether oxygens (including phenoxy) is 1. The number of carbonyl (C=O) groups is 2. The molecule has 1 heterocycles. The summed E-state index contributed by atoms with van der Waals surface area (Å²) >= 11 is 1.37. The van der Waals surface area contributed by atoms with E-state index in [0.29, 0.717) is 24.5 Å². The molecule has 37 heavy (non-hydrogen) atoms. The summed E-state index contributed by atoms with van der Waals surface area (Å²) in [5.41, 5.74) is 0.809. The quantitative estimate of drug-likeness (QED) is 0.440. The number of rotatable bonds is 8. The summed E-state index contributed by atoms with van der Waals surface area (Å²) in [5.74, 6) is -0.271. The van der Waals surface area contributed by atoms with E-state index in [1.807, 2.05) is 44.3 Å². The predicted molar refractivity (Wildman–Crippen MR) is 143 cm³/mol. The Morgan fingerprint density at radius 2 is 2.05 bits per heavy atom. The third-order valence-corrected chi connectivity index (χ3v) is 9.51. The number of nitrogens with one attached hydrogen (secondary N) is 1. The minimum absolute atomic E-state index is 0.00593. The molecule has 1 saturated carbocycles. The van der Waals surface area contributed by atoms with Crippen molar-refractivity contribution in [1.82, 2.24) is 9.88 Å². The first kappa shape index (κ1) is 27.3. The van der Waals surface area contributed by atoms with Crippen LogP contribution in [0.5, 0.6) is 0 Å². The summed E-state index contributed by atoms with van der Waals surface area (Å²) in [4.78, 5) is 33.2. The summed E-state index contributed by atoms with van der Waals surface area (Å²) < 4.78 is 5.06. The van der Waals surface area contributed by atoms with Gasteiger partial charge in [-0.05, 0) is 36.2 Å². The fraction of sp³-hybridized carbons (Fsp3) is 0.536. The number of fused-ring (bicyclic) bond motifs is 2. The third-order valence-electron chi connectivity index (χ3n) is 8.50. The molecular weight excluding hydrogens is 490 g/mol. The standard InChI is InChI=1S/C28H37N3O5S/c1-5-13-36-26(35)30-25-29-24-19(14-23(34)31(4)16-18-9-7-6-8-10-18)27(2)12-11-22(33)28(3,17-32)21(27)15-20(24)37-25/h5-10,19,21-22,32-33H,1,11-17H2,2-4H3,(H,29,30,35). The summed E-state index contributed by atoms with van der Waals surface area (Å²) in [7, 11) is 1.81. The van der Waals surface area contributed by atoms with E-state index in [-0.39, 0.29) is 42.8 Å². The Labute approximate surface area is 222 Å². The van der Waals surface area contributed by atoms with Gasteiger partial charge in [0.1, 0.15) is 6.61 Å². The molecule has 5 unspecified atom stereocenters. The molecule has 0 bridgehead atoms. The van der Waals surface area contributed by atoms with E-state index in [4.69, 9.17) is 9.72 Å². The number of hydrogen-bond donors (Lipinski definition) is 3. The van der Waals surface area contributed by atoms with Gasteiger partial charge in [-0.1, -0.05) is 56.8 Å². The second-order valence-corrected chi connectivity index (χ2v) is 11.9. The number of anilines is 1. The first-order chi connectivity index (χ1) is 17.6. The van der Waals surface area contributed by atoms with E-state index in [1.165, 1.54) is 17.4 Å². The smallest absolute Gasteiger partial charge is 0.413 e. The van der Waals surface area contributed by atoms with Crippen LogP contribution >= 0.6 is 11.3 Å². The molecule has 2 aliphatic carbocycles. The van der Waals surface area contributed by atoms with Crippen molar-refractivity contribution in [3.63, 3.8) is 0 Å². The minimum atomic E-state index is -0.706. The van der Waals surface area contributed by atoms with Crippen LogP contribution in [0, 0.1) is 16.7 Å². The van der Waals surface area contributed by atoms with Gasteiger partial charge in [0.2, 0.25) is 5.91 Å². The lowest BCUT2D eigenvalue weighted by Crippen LogP contribution is -2.57. The topological polar surface area (TPSA) is 112 Å². The zero-order valence-electron chi connectivity index (χ0n) is 21.8. The Kier molecular flexibility index (Phi) is 8.06. The maximum atomic E-state index is 13.5. The third kappa shape index (κ3) is 5.30. The number of benzene rings is 1. The van der Waals surface area contributed by atoms with Gasteiger partial charge in [-0.15, -0.1) is 11.3 Å². The van der Waals surface area contributed by atoms with E-state index in [9.17, 15) is 19.8 Å². The summed E-state index contributed by atoms with van der Waals surface area (Å²) in [6.45, 7) is 8.12. The Morgan fingerprint density at radius 3 is 2.73 bits per heavy atom. The Bertz CT molecular complexity index is 1140. The van der Waals surface area contributed by atoms with Gasteiger partial charge in [-0.3, -0.25) is 10.1 Å². The van der Waals surface area contributed by atoms with Crippen molar-refractivity contribution in [2.75, 3.05) is 25.6 Å². The highest BCUT2D eigenvalue weighted by molar-refractivity contribution is 7.15. The highest BCUT2D eigenvalue weighted by atomic mass is 32.1. The molecule has 2 aromatic rings. The maximum Gasteiger partial charge on any atom is 0.413 e. The molecular formula is C28H37N3O5S. The molecule has 0 radical (unpaired) electrons. The molecule has 5 atom stereocenters. The van der Waals surface area contributed by atoms with E-state index in [2.05, 4.69) is 18.8 Å². The van der Waals surface area contributed by atoms with Crippen LogP contribution in [-0.4, -0.2) is 58.5 Å². The van der Waals surface area contributed by atoms with Crippen molar-refractivity contribution in [3.05, 3.63) is 59.1 Å². The summed E-state index contributed by atoms with van der Waals surface area (Å²) in [6, 6.07) is 9.86. The van der Waals surface area contributed by atoms with Gasteiger partial charge in [-0.2, -0.15) is 0 Å². The molecule has 2 amide bonds. The molecule has 0 aliphatic heterocycles. The van der Waals surface area contributed by atoms with Crippen LogP contribution in [0.2, 0.25) is 0 Å². The first-order valence-electron chi connectivity index (χ1n) is 12.7. The van der Waals surface area contributed by atoms with Crippen LogP contribution < -0.4 is 5.32 Å². The number of aliphatic hydroxyl groups excluding tert-OH is 2. The average molecular weight is 528 g/mol. The Balaban J connectivity index is 1.66. The lowest BCUT2D eigenvalue weighted by Gasteiger charge is -2.58. The summed E-state index contributed by atoms with van der Waals surface area (Å²) in [6.07, 6.45) is 2.39. The van der Waals surface area contributed by atoms with E-state index >= 15 is 0 Å². The van der Waals surface area contributed by atoms with Gasteiger partial charge in [0.05, 0.1) is 18.4 Å². The van der Waals surface area contributed by atoms with Crippen LogP contribution in [0.1, 0.15) is 55.2 Å². The maximum absolute atomic E-state index is 13.5. The number of aliphatic hydroxyl groups is 2. The molecule has 4 rings (SSSR count). The first-order valence-corrected chi connectivity index (χ1v) is 13.5. The number of thiazole rings is 1. The molecule has 0 spiro atoms. The molecule has 200 valence electrons. The molecule has 1 fully saturated rings. The Hall–Kier alpha value is -2.75. The zero-order valence-corrected chi connectivity index (χ0v) is 22.6. The second kappa shape index (κ2) is 10.9. The number of hydrogen-bond acceptors (Lipinski definition) is 7. The fourth-order valence-corrected chi connectivity index (χ4v) is 7.29. The van der Waals surface area contributed by atoms with Gasteiger partial charge >= 0.3 is 6.09 Å². The van der Waals surface area contributed by atoms with Crippen molar-refractivity contribution in [3.8, 4) is 0 Å². The average Bonchev–Trinajstić information content (AvgIpc) is 3.28. The molecule has 9 heteroatoms. The molecule has 3 N–H and O–H groups in total. The summed E-state index contributed by atoms with van der Waals surface area (Å²) in [5, 5.41) is 24.5. The van der Waals surface area contributed by atoms with Crippen molar-refractivity contribution in [2.24, 2.45) is 16.7 Å². The molecule has 2 aliphatic rings. The zero-order chi connectivity index (χ0) is 26.8. The predicted octanol–water partition coefficient (Wildman–Crippen LogP) is 4.34. The van der Waals surface area contributed by atoms with Gasteiger partial charge in [0.25, 0.3) is 0 Å². The SMILES string of the molecule is C=CCOC(=O)Nc1nc2c(s1)CC1C(C)(CO)C(O)CCC1(C)C2CC(=O)N(C)Cc1ccccc1. The fourth-order valence-electron chi connectivity index (χ4n) is 6.23.